The molecule has 1 aliphatic heterocycles. The van der Waals surface area contributed by atoms with Gasteiger partial charge < -0.3 is 10.6 Å². The van der Waals surface area contributed by atoms with E-state index in [1.807, 2.05) is 11.8 Å². The first-order valence-electron chi connectivity index (χ1n) is 6.57. The summed E-state index contributed by atoms with van der Waals surface area (Å²) in [6.07, 6.45) is 2.57. The lowest BCUT2D eigenvalue weighted by Gasteiger charge is -2.31. The molecule has 0 amide bonds. The Hall–Kier alpha value is -0.380. The fourth-order valence-electron chi connectivity index (χ4n) is 2.01. The first kappa shape index (κ1) is 14.7. The second-order valence-electron chi connectivity index (χ2n) is 5.89. The maximum atomic E-state index is 6.03. The normalized spacial score (nSPS) is 22.9. The van der Waals surface area contributed by atoms with Crippen molar-refractivity contribution >= 4 is 17.7 Å². The van der Waals surface area contributed by atoms with Crippen LogP contribution in [0.5, 0.6) is 0 Å². The molecule has 0 spiro atoms. The Morgan fingerprint density at radius 3 is 2.76 bits per heavy atom. The molecular formula is C13H27N3S. The Kier molecular flexibility index (Phi) is 5.63. The third-order valence-corrected chi connectivity index (χ3v) is 4.13. The molecule has 1 rings (SSSR count). The second kappa shape index (κ2) is 6.53. The molecule has 0 aromatic heterocycles. The summed E-state index contributed by atoms with van der Waals surface area (Å²) in [4.78, 5) is 6.72. The summed E-state index contributed by atoms with van der Waals surface area (Å²) < 4.78 is 0.323. The Morgan fingerprint density at radius 2 is 2.18 bits per heavy atom. The van der Waals surface area contributed by atoms with Crippen LogP contribution in [-0.2, 0) is 0 Å². The van der Waals surface area contributed by atoms with Crippen LogP contribution in [0.15, 0.2) is 4.99 Å². The van der Waals surface area contributed by atoms with Crippen molar-refractivity contribution in [2.24, 2.45) is 16.6 Å². The van der Waals surface area contributed by atoms with Gasteiger partial charge in [0.1, 0.15) is 0 Å². The molecule has 0 aromatic carbocycles. The van der Waals surface area contributed by atoms with Crippen molar-refractivity contribution in [1.29, 1.82) is 0 Å². The van der Waals surface area contributed by atoms with Crippen molar-refractivity contribution < 1.29 is 0 Å². The van der Waals surface area contributed by atoms with Gasteiger partial charge in [-0.2, -0.15) is 11.8 Å². The van der Waals surface area contributed by atoms with Gasteiger partial charge in [0.15, 0.2) is 5.96 Å². The molecular weight excluding hydrogens is 230 g/mol. The lowest BCUT2D eigenvalue weighted by molar-refractivity contribution is 0.270. The molecule has 0 aliphatic carbocycles. The van der Waals surface area contributed by atoms with Crippen LogP contribution >= 0.6 is 11.8 Å². The fraction of sp³-hybridized carbons (Fsp3) is 0.923. The molecule has 0 radical (unpaired) electrons. The maximum absolute atomic E-state index is 6.03. The van der Waals surface area contributed by atoms with E-state index in [0.29, 0.717) is 4.75 Å². The van der Waals surface area contributed by atoms with Gasteiger partial charge in [-0.05, 0) is 18.8 Å². The number of aliphatic imine (C=N–C) groups is 1. The zero-order valence-electron chi connectivity index (χ0n) is 11.7. The Bertz CT molecular complexity index is 258. The summed E-state index contributed by atoms with van der Waals surface area (Å²) >= 11 is 1.94. The van der Waals surface area contributed by atoms with Gasteiger partial charge in [-0.3, -0.25) is 4.99 Å². The predicted molar refractivity (Wildman–Crippen MR) is 78.7 cm³/mol. The Labute approximate surface area is 110 Å². The Morgan fingerprint density at radius 1 is 1.47 bits per heavy atom. The fourth-order valence-corrected chi connectivity index (χ4v) is 2.80. The molecule has 0 saturated carbocycles. The molecule has 2 N–H and O–H groups in total. The van der Waals surface area contributed by atoms with Crippen LogP contribution in [0.25, 0.3) is 0 Å². The van der Waals surface area contributed by atoms with Gasteiger partial charge in [0.2, 0.25) is 0 Å². The predicted octanol–water partition coefficient (Wildman–Crippen LogP) is 2.56. The van der Waals surface area contributed by atoms with Gasteiger partial charge in [0.25, 0.3) is 0 Å². The molecule has 3 nitrogen and oxygen atoms in total. The standard InChI is InChI=1S/C13H27N3S/c1-11-6-5-8-16(10-11)12(14)15-7-9-17-13(2,3)4/h11H,5-10H2,1-4H3,(H2,14,15). The average Bonchev–Trinajstić information content (AvgIpc) is 2.23. The van der Waals surface area contributed by atoms with E-state index in [0.717, 1.165) is 37.3 Å². The van der Waals surface area contributed by atoms with E-state index in [4.69, 9.17) is 5.73 Å². The summed E-state index contributed by atoms with van der Waals surface area (Å²) in [7, 11) is 0. The summed E-state index contributed by atoms with van der Waals surface area (Å²) in [5, 5.41) is 0. The van der Waals surface area contributed by atoms with E-state index in [9.17, 15) is 0 Å². The summed E-state index contributed by atoms with van der Waals surface area (Å²) in [6.45, 7) is 12.0. The van der Waals surface area contributed by atoms with Crippen LogP contribution < -0.4 is 5.73 Å². The van der Waals surface area contributed by atoms with E-state index in [2.05, 4.69) is 37.6 Å². The van der Waals surface area contributed by atoms with E-state index in [1.54, 1.807) is 0 Å². The van der Waals surface area contributed by atoms with Gasteiger partial charge in [-0.1, -0.05) is 27.7 Å². The number of hydrogen-bond donors (Lipinski definition) is 1. The van der Waals surface area contributed by atoms with Gasteiger partial charge in [0, 0.05) is 23.6 Å². The molecule has 4 heteroatoms. The van der Waals surface area contributed by atoms with Crippen molar-refractivity contribution in [3.05, 3.63) is 0 Å². The van der Waals surface area contributed by atoms with Gasteiger partial charge >= 0.3 is 0 Å². The minimum atomic E-state index is 0.323. The van der Waals surface area contributed by atoms with E-state index >= 15 is 0 Å². The first-order chi connectivity index (χ1) is 7.88. The topological polar surface area (TPSA) is 41.6 Å². The highest BCUT2D eigenvalue weighted by atomic mass is 32.2. The van der Waals surface area contributed by atoms with Gasteiger partial charge in [-0.15, -0.1) is 0 Å². The molecule has 17 heavy (non-hydrogen) atoms. The van der Waals surface area contributed by atoms with Crippen LogP contribution in [0.1, 0.15) is 40.5 Å². The lowest BCUT2D eigenvalue weighted by atomic mass is 10.0. The van der Waals surface area contributed by atoms with Gasteiger partial charge in [0.05, 0.1) is 6.54 Å². The highest BCUT2D eigenvalue weighted by Crippen LogP contribution is 2.22. The monoisotopic (exact) mass is 257 g/mol. The lowest BCUT2D eigenvalue weighted by Crippen LogP contribution is -2.43. The number of guanidine groups is 1. The summed E-state index contributed by atoms with van der Waals surface area (Å²) in [6, 6.07) is 0. The molecule has 1 fully saturated rings. The van der Waals surface area contributed by atoms with Crippen molar-refractivity contribution in [3.8, 4) is 0 Å². The largest absolute Gasteiger partial charge is 0.370 e. The highest BCUT2D eigenvalue weighted by Gasteiger charge is 2.17. The molecule has 0 bridgehead atoms. The summed E-state index contributed by atoms with van der Waals surface area (Å²) in [5.74, 6) is 2.54. The quantitative estimate of drug-likeness (QED) is 0.480. The van der Waals surface area contributed by atoms with Crippen LogP contribution in [0.2, 0.25) is 0 Å². The molecule has 0 aromatic rings. The molecule has 1 heterocycles. The van der Waals surface area contributed by atoms with Crippen LogP contribution in [0.4, 0.5) is 0 Å². The van der Waals surface area contributed by atoms with Crippen molar-refractivity contribution in [3.63, 3.8) is 0 Å². The minimum Gasteiger partial charge on any atom is -0.370 e. The number of rotatable bonds is 3. The number of nitrogens with two attached hydrogens (primary N) is 1. The molecule has 100 valence electrons. The number of nitrogens with zero attached hydrogens (tertiary/aromatic N) is 2. The number of hydrogen-bond acceptors (Lipinski definition) is 2. The zero-order valence-corrected chi connectivity index (χ0v) is 12.5. The smallest absolute Gasteiger partial charge is 0.191 e. The van der Waals surface area contributed by atoms with E-state index < -0.39 is 0 Å². The highest BCUT2D eigenvalue weighted by molar-refractivity contribution is 8.00. The molecule has 1 atom stereocenters. The number of piperidine rings is 1. The van der Waals surface area contributed by atoms with Gasteiger partial charge in [-0.25, -0.2) is 0 Å². The van der Waals surface area contributed by atoms with Crippen LogP contribution in [-0.4, -0.2) is 41.0 Å². The Balaban J connectivity index is 2.28. The molecule has 1 saturated heterocycles. The summed E-state index contributed by atoms with van der Waals surface area (Å²) in [5.41, 5.74) is 6.03. The number of likely N-dealkylation sites (tertiary alicyclic amines) is 1. The van der Waals surface area contributed by atoms with Crippen molar-refractivity contribution in [2.45, 2.75) is 45.3 Å². The zero-order chi connectivity index (χ0) is 12.9. The molecule has 1 unspecified atom stereocenters. The minimum absolute atomic E-state index is 0.323. The second-order valence-corrected chi connectivity index (χ2v) is 7.82. The van der Waals surface area contributed by atoms with E-state index in [1.165, 1.54) is 12.8 Å². The van der Waals surface area contributed by atoms with E-state index in [-0.39, 0.29) is 0 Å². The average molecular weight is 257 g/mol. The van der Waals surface area contributed by atoms with Crippen molar-refractivity contribution in [1.82, 2.24) is 4.90 Å². The SMILES string of the molecule is CC1CCCN(C(N)=NCCSC(C)(C)C)C1. The first-order valence-corrected chi connectivity index (χ1v) is 7.56. The third kappa shape index (κ3) is 6.20. The maximum Gasteiger partial charge on any atom is 0.191 e. The van der Waals surface area contributed by atoms with Crippen molar-refractivity contribution in [2.75, 3.05) is 25.4 Å². The van der Waals surface area contributed by atoms with Crippen LogP contribution in [0, 0.1) is 5.92 Å². The number of thioether (sulfide) groups is 1. The third-order valence-electron chi connectivity index (χ3n) is 2.88. The molecule has 1 aliphatic rings. The van der Waals surface area contributed by atoms with Crippen LogP contribution in [0.3, 0.4) is 0 Å².